The number of hydrogen-bond acceptors (Lipinski definition) is 3. The molecule has 1 aromatic rings. The molecule has 1 aliphatic heterocycles. The van der Waals surface area contributed by atoms with E-state index < -0.39 is 0 Å². The standard InChI is InChI=1S/C22H30O3/c1-22(2)14-12-17(13-15-22)8-11-21-24-16-19(25-21)9-10-20(23)18-6-4-3-5-7-18/h3-7,12,19,21H,8-11,13-16H2,1-2H3. The smallest absolute Gasteiger partial charge is 0.162 e. The summed E-state index contributed by atoms with van der Waals surface area (Å²) in [5.41, 5.74) is 2.79. The molecule has 0 bridgehead atoms. The third-order valence-corrected chi connectivity index (χ3v) is 5.37. The van der Waals surface area contributed by atoms with Crippen molar-refractivity contribution in [3.63, 3.8) is 0 Å². The Morgan fingerprint density at radius 1 is 1.20 bits per heavy atom. The van der Waals surface area contributed by atoms with Gasteiger partial charge in [0.1, 0.15) is 0 Å². The van der Waals surface area contributed by atoms with Crippen molar-refractivity contribution in [2.24, 2.45) is 5.41 Å². The first-order valence-corrected chi connectivity index (χ1v) is 9.55. The molecule has 0 saturated carbocycles. The first-order valence-electron chi connectivity index (χ1n) is 9.55. The van der Waals surface area contributed by atoms with E-state index in [4.69, 9.17) is 9.47 Å². The third kappa shape index (κ3) is 5.52. The molecule has 2 atom stereocenters. The first-order chi connectivity index (χ1) is 12.0. The lowest BCUT2D eigenvalue weighted by atomic mass is 9.77. The number of hydrogen-bond donors (Lipinski definition) is 0. The lowest BCUT2D eigenvalue weighted by molar-refractivity contribution is -0.0626. The quantitative estimate of drug-likeness (QED) is 0.498. The highest BCUT2D eigenvalue weighted by molar-refractivity contribution is 5.95. The molecule has 0 aromatic heterocycles. The van der Waals surface area contributed by atoms with Gasteiger partial charge in [-0.05, 0) is 37.5 Å². The van der Waals surface area contributed by atoms with Gasteiger partial charge in [0, 0.05) is 18.4 Å². The predicted octanol–water partition coefficient (Wildman–Crippen LogP) is 5.31. The number of ketones is 1. The third-order valence-electron chi connectivity index (χ3n) is 5.37. The van der Waals surface area contributed by atoms with Gasteiger partial charge < -0.3 is 9.47 Å². The molecule has 136 valence electrons. The Morgan fingerprint density at radius 3 is 2.72 bits per heavy atom. The van der Waals surface area contributed by atoms with Crippen LogP contribution in [0.2, 0.25) is 0 Å². The average Bonchev–Trinajstić information content (AvgIpc) is 3.07. The first kappa shape index (κ1) is 18.3. The van der Waals surface area contributed by atoms with Crippen molar-refractivity contribution in [2.75, 3.05) is 6.61 Å². The monoisotopic (exact) mass is 342 g/mol. The molecule has 1 heterocycles. The topological polar surface area (TPSA) is 35.5 Å². The Labute approximate surface area is 151 Å². The summed E-state index contributed by atoms with van der Waals surface area (Å²) < 4.78 is 11.8. The molecular formula is C22H30O3. The minimum Gasteiger partial charge on any atom is -0.350 e. The molecule has 1 aliphatic carbocycles. The molecule has 0 spiro atoms. The van der Waals surface area contributed by atoms with Gasteiger partial charge in [-0.1, -0.05) is 55.8 Å². The van der Waals surface area contributed by atoms with Gasteiger partial charge in [0.2, 0.25) is 0 Å². The van der Waals surface area contributed by atoms with E-state index in [1.807, 2.05) is 30.3 Å². The summed E-state index contributed by atoms with van der Waals surface area (Å²) in [5.74, 6) is 0.183. The molecule has 25 heavy (non-hydrogen) atoms. The molecule has 2 aliphatic rings. The Kier molecular flexibility index (Phi) is 6.08. The molecule has 3 rings (SSSR count). The van der Waals surface area contributed by atoms with E-state index in [0.29, 0.717) is 18.4 Å². The maximum atomic E-state index is 12.2. The summed E-state index contributed by atoms with van der Waals surface area (Å²) in [7, 11) is 0. The van der Waals surface area contributed by atoms with Gasteiger partial charge in [-0.2, -0.15) is 0 Å². The maximum Gasteiger partial charge on any atom is 0.162 e. The van der Waals surface area contributed by atoms with E-state index in [1.54, 1.807) is 5.57 Å². The molecule has 0 radical (unpaired) electrons. The Bertz CT molecular complexity index is 603. The summed E-state index contributed by atoms with van der Waals surface area (Å²) in [6.45, 7) is 5.29. The van der Waals surface area contributed by atoms with Gasteiger partial charge in [-0.15, -0.1) is 0 Å². The molecule has 0 N–H and O–H groups in total. The van der Waals surface area contributed by atoms with Crippen LogP contribution in [0.4, 0.5) is 0 Å². The minimum absolute atomic E-state index is 0.0527. The predicted molar refractivity (Wildman–Crippen MR) is 99.6 cm³/mol. The lowest BCUT2D eigenvalue weighted by Gasteiger charge is -2.28. The fourth-order valence-corrected chi connectivity index (χ4v) is 3.53. The average molecular weight is 342 g/mol. The zero-order valence-corrected chi connectivity index (χ0v) is 15.5. The van der Waals surface area contributed by atoms with Gasteiger partial charge >= 0.3 is 0 Å². The SMILES string of the molecule is CC1(C)CC=C(CCC2OCC(CCC(=O)c3ccccc3)O2)CC1. The van der Waals surface area contributed by atoms with E-state index >= 15 is 0 Å². The zero-order chi connectivity index (χ0) is 17.7. The Hall–Kier alpha value is -1.45. The summed E-state index contributed by atoms with van der Waals surface area (Å²) in [6, 6.07) is 9.48. The van der Waals surface area contributed by atoms with Crippen molar-refractivity contribution < 1.29 is 14.3 Å². The summed E-state index contributed by atoms with van der Waals surface area (Å²) in [6.07, 6.45) is 9.26. The summed E-state index contributed by atoms with van der Waals surface area (Å²) in [5, 5.41) is 0. The highest BCUT2D eigenvalue weighted by Gasteiger charge is 2.27. The fraction of sp³-hybridized carbons (Fsp3) is 0.591. The van der Waals surface area contributed by atoms with Crippen molar-refractivity contribution in [3.8, 4) is 0 Å². The molecule has 1 fully saturated rings. The van der Waals surface area contributed by atoms with Gasteiger partial charge in [0.05, 0.1) is 12.7 Å². The second-order valence-electron chi connectivity index (χ2n) is 8.12. The minimum atomic E-state index is -0.104. The van der Waals surface area contributed by atoms with Crippen molar-refractivity contribution in [3.05, 3.63) is 47.5 Å². The van der Waals surface area contributed by atoms with Gasteiger partial charge in [0.15, 0.2) is 12.1 Å². The van der Waals surface area contributed by atoms with Crippen LogP contribution in [0.1, 0.15) is 69.2 Å². The fourth-order valence-electron chi connectivity index (χ4n) is 3.53. The normalized spacial score (nSPS) is 25.6. The molecule has 1 aromatic carbocycles. The number of allylic oxidation sites excluding steroid dienone is 2. The van der Waals surface area contributed by atoms with E-state index in [9.17, 15) is 4.79 Å². The second-order valence-corrected chi connectivity index (χ2v) is 8.12. The van der Waals surface area contributed by atoms with Gasteiger partial charge in [-0.3, -0.25) is 4.79 Å². The van der Waals surface area contributed by atoms with E-state index in [-0.39, 0.29) is 18.2 Å². The molecule has 0 amide bonds. The van der Waals surface area contributed by atoms with E-state index in [1.165, 1.54) is 19.3 Å². The Balaban J connectivity index is 1.36. The number of ether oxygens (including phenoxy) is 2. The molecule has 2 unspecified atom stereocenters. The van der Waals surface area contributed by atoms with Crippen molar-refractivity contribution >= 4 is 5.78 Å². The van der Waals surface area contributed by atoms with Crippen molar-refractivity contribution in [1.29, 1.82) is 0 Å². The van der Waals surface area contributed by atoms with Crippen LogP contribution in [0, 0.1) is 5.41 Å². The zero-order valence-electron chi connectivity index (χ0n) is 15.5. The number of carbonyl (C=O) groups is 1. The largest absolute Gasteiger partial charge is 0.350 e. The highest BCUT2D eigenvalue weighted by atomic mass is 16.7. The van der Waals surface area contributed by atoms with Crippen LogP contribution in [0.25, 0.3) is 0 Å². The van der Waals surface area contributed by atoms with Crippen molar-refractivity contribution in [2.45, 2.75) is 71.2 Å². The van der Waals surface area contributed by atoms with Crippen LogP contribution >= 0.6 is 0 Å². The molecule has 3 heteroatoms. The number of Topliss-reactive ketones (excluding diaryl/α,β-unsaturated/α-hetero) is 1. The number of benzene rings is 1. The van der Waals surface area contributed by atoms with E-state index in [0.717, 1.165) is 24.8 Å². The van der Waals surface area contributed by atoms with E-state index in [2.05, 4.69) is 19.9 Å². The number of carbonyl (C=O) groups excluding carboxylic acids is 1. The summed E-state index contributed by atoms with van der Waals surface area (Å²) >= 11 is 0. The van der Waals surface area contributed by atoms with Crippen molar-refractivity contribution in [1.82, 2.24) is 0 Å². The lowest BCUT2D eigenvalue weighted by Crippen LogP contribution is -2.16. The van der Waals surface area contributed by atoms with Crippen LogP contribution < -0.4 is 0 Å². The van der Waals surface area contributed by atoms with Gasteiger partial charge in [0.25, 0.3) is 0 Å². The second kappa shape index (κ2) is 8.29. The summed E-state index contributed by atoms with van der Waals surface area (Å²) in [4.78, 5) is 12.2. The maximum absolute atomic E-state index is 12.2. The molecule has 3 nitrogen and oxygen atoms in total. The number of rotatable bonds is 7. The highest BCUT2D eigenvalue weighted by Crippen LogP contribution is 2.36. The van der Waals surface area contributed by atoms with Crippen LogP contribution in [0.15, 0.2) is 42.0 Å². The van der Waals surface area contributed by atoms with Crippen LogP contribution in [0.3, 0.4) is 0 Å². The van der Waals surface area contributed by atoms with Gasteiger partial charge in [-0.25, -0.2) is 0 Å². The Morgan fingerprint density at radius 2 is 2.00 bits per heavy atom. The molecule has 1 saturated heterocycles. The van der Waals surface area contributed by atoms with Crippen LogP contribution in [0.5, 0.6) is 0 Å². The molecular weight excluding hydrogens is 312 g/mol. The van der Waals surface area contributed by atoms with Crippen LogP contribution in [-0.2, 0) is 9.47 Å². The van der Waals surface area contributed by atoms with Crippen LogP contribution in [-0.4, -0.2) is 24.8 Å².